The molecule has 0 spiro atoms. The summed E-state index contributed by atoms with van der Waals surface area (Å²) < 4.78 is 8.12. The lowest BCUT2D eigenvalue weighted by atomic mass is 9.89. The Labute approximate surface area is 202 Å². The fraction of sp³-hybridized carbons (Fsp3) is 0.160. The average Bonchev–Trinajstić information content (AvgIpc) is 2.84. The van der Waals surface area contributed by atoms with E-state index in [0.717, 1.165) is 51.2 Å². The van der Waals surface area contributed by atoms with Crippen LogP contribution in [0.2, 0.25) is 0 Å². The number of nitrogens with zero attached hydrogens (tertiary/aromatic N) is 2. The van der Waals surface area contributed by atoms with Crippen LogP contribution in [0.25, 0.3) is 33.6 Å². The molecular weight excluding hydrogens is 535 g/mol. The van der Waals surface area contributed by atoms with E-state index in [1.165, 1.54) is 19.2 Å². The molecule has 2 aliphatic heterocycles. The van der Waals surface area contributed by atoms with E-state index in [4.69, 9.17) is 4.74 Å². The van der Waals surface area contributed by atoms with E-state index in [-0.39, 0.29) is 23.5 Å². The summed E-state index contributed by atoms with van der Waals surface area (Å²) in [5.41, 5.74) is 7.22. The lowest BCUT2D eigenvalue weighted by Gasteiger charge is -2.30. The number of nitro groups is 1. The number of fused-ring (bicyclic) bond motifs is 4. The number of halogens is 1. The van der Waals surface area contributed by atoms with E-state index in [0.29, 0.717) is 10.1 Å². The molecule has 0 saturated heterocycles. The van der Waals surface area contributed by atoms with Gasteiger partial charge in [0.25, 0.3) is 5.69 Å². The summed E-state index contributed by atoms with van der Waals surface area (Å²) in [6.45, 7) is 0.674. The Bertz CT molecular complexity index is 1440. The minimum Gasteiger partial charge on any atom is -0.493 e. The molecule has 0 radical (unpaired) electrons. The second kappa shape index (κ2) is 8.27. The molecule has 0 fully saturated rings. The van der Waals surface area contributed by atoms with E-state index in [1.54, 1.807) is 18.2 Å². The van der Waals surface area contributed by atoms with Crippen LogP contribution in [0.3, 0.4) is 0 Å². The number of pyridine rings is 1. The lowest BCUT2D eigenvalue weighted by Crippen LogP contribution is -2.19. The van der Waals surface area contributed by atoms with Crippen LogP contribution < -0.4 is 10.2 Å². The highest BCUT2D eigenvalue weighted by molar-refractivity contribution is 14.1. The summed E-state index contributed by atoms with van der Waals surface area (Å²) in [4.78, 5) is 23.6. The molecule has 33 heavy (non-hydrogen) atoms. The topological polar surface area (TPSA) is 94.6 Å². The minimum absolute atomic E-state index is 0.0176. The number of aromatic nitrogens is 1. The number of benzene rings is 3. The Hall–Kier alpha value is -3.24. The summed E-state index contributed by atoms with van der Waals surface area (Å²) in [5.74, 6) is 0.263. The third-order valence-electron chi connectivity index (χ3n) is 6.13. The molecule has 2 aromatic rings. The van der Waals surface area contributed by atoms with Gasteiger partial charge in [-0.2, -0.15) is 0 Å². The van der Waals surface area contributed by atoms with Crippen molar-refractivity contribution in [1.29, 1.82) is 0 Å². The fourth-order valence-corrected chi connectivity index (χ4v) is 5.25. The maximum atomic E-state index is 12.8. The molecule has 7 nitrogen and oxygen atoms in total. The molecule has 0 saturated carbocycles. The van der Waals surface area contributed by atoms with Gasteiger partial charge in [0.15, 0.2) is 5.75 Å². The number of aliphatic hydroxyl groups excluding tert-OH is 1. The fourth-order valence-electron chi connectivity index (χ4n) is 4.53. The summed E-state index contributed by atoms with van der Waals surface area (Å²) in [5, 5.41) is 20.7. The summed E-state index contributed by atoms with van der Waals surface area (Å²) >= 11 is 2.06. The number of nitro benzene ring substituents is 1. The van der Waals surface area contributed by atoms with E-state index in [1.807, 2.05) is 24.3 Å². The molecule has 0 atom stereocenters. The zero-order valence-corrected chi connectivity index (χ0v) is 19.8. The second-order valence-corrected chi connectivity index (χ2v) is 9.00. The molecule has 0 amide bonds. The van der Waals surface area contributed by atoms with Crippen molar-refractivity contribution in [3.63, 3.8) is 0 Å². The van der Waals surface area contributed by atoms with E-state index in [2.05, 4.69) is 27.2 Å². The number of rotatable bonds is 4. The van der Waals surface area contributed by atoms with Crippen LogP contribution >= 0.6 is 22.6 Å². The van der Waals surface area contributed by atoms with Crippen LogP contribution in [0.5, 0.6) is 5.75 Å². The van der Waals surface area contributed by atoms with E-state index >= 15 is 0 Å². The predicted molar refractivity (Wildman–Crippen MR) is 134 cm³/mol. The second-order valence-electron chi connectivity index (χ2n) is 7.92. The third-order valence-corrected chi connectivity index (χ3v) is 7.20. The van der Waals surface area contributed by atoms with Crippen molar-refractivity contribution >= 4 is 28.3 Å². The average molecular weight is 554 g/mol. The summed E-state index contributed by atoms with van der Waals surface area (Å²) in [6.07, 6.45) is 0.778. The van der Waals surface area contributed by atoms with Crippen LogP contribution in [-0.2, 0) is 19.6 Å². The van der Waals surface area contributed by atoms with Gasteiger partial charge in [0, 0.05) is 41.1 Å². The van der Waals surface area contributed by atoms with Gasteiger partial charge in [-0.1, -0.05) is 18.2 Å². The van der Waals surface area contributed by atoms with Gasteiger partial charge in [-0.25, -0.2) is 0 Å². The Kier molecular flexibility index (Phi) is 5.41. The number of aryl methyl sites for hydroxylation is 1. The Morgan fingerprint density at radius 1 is 1.09 bits per heavy atom. The van der Waals surface area contributed by atoms with Crippen molar-refractivity contribution in [2.45, 2.75) is 19.6 Å². The lowest BCUT2D eigenvalue weighted by molar-refractivity contribution is -0.384. The third kappa shape index (κ3) is 3.50. The first-order valence-corrected chi connectivity index (χ1v) is 11.4. The van der Waals surface area contributed by atoms with Crippen molar-refractivity contribution < 1.29 is 14.8 Å². The maximum Gasteiger partial charge on any atom is 0.269 e. The Balaban J connectivity index is 1.87. The number of hydrogen-bond donors (Lipinski definition) is 1. The van der Waals surface area contributed by atoms with Gasteiger partial charge in [-0.15, -0.1) is 0 Å². The van der Waals surface area contributed by atoms with Gasteiger partial charge in [0.2, 0.25) is 5.43 Å². The summed E-state index contributed by atoms with van der Waals surface area (Å²) in [7, 11) is 1.48. The van der Waals surface area contributed by atoms with Gasteiger partial charge in [-0.05, 0) is 70.0 Å². The molecule has 5 rings (SSSR count). The SMILES string of the molecule is COc1cc2c(-c3ccc([N+](=O)[O-])cc3)n3c(cc-2c(I)c1=O)-c1ccc(CO)cc1CC3. The van der Waals surface area contributed by atoms with Gasteiger partial charge < -0.3 is 14.4 Å². The highest BCUT2D eigenvalue weighted by Crippen LogP contribution is 2.43. The number of aliphatic hydroxyl groups is 1. The molecule has 8 heteroatoms. The first-order valence-electron chi connectivity index (χ1n) is 10.3. The van der Waals surface area contributed by atoms with Crippen LogP contribution in [0, 0.1) is 13.7 Å². The van der Waals surface area contributed by atoms with Crippen molar-refractivity contribution in [1.82, 2.24) is 4.57 Å². The van der Waals surface area contributed by atoms with Gasteiger partial charge in [0.1, 0.15) is 0 Å². The number of methoxy groups -OCH3 is 1. The Morgan fingerprint density at radius 2 is 1.85 bits per heavy atom. The molecule has 2 heterocycles. The number of non-ortho nitro benzene ring substituents is 1. The minimum atomic E-state index is -0.417. The first-order chi connectivity index (χ1) is 15.9. The van der Waals surface area contributed by atoms with Crippen LogP contribution in [0.15, 0.2) is 59.4 Å². The normalized spacial score (nSPS) is 12.3. The smallest absolute Gasteiger partial charge is 0.269 e. The monoisotopic (exact) mass is 554 g/mol. The number of hydrogen-bond acceptors (Lipinski definition) is 5. The summed E-state index contributed by atoms with van der Waals surface area (Å²) in [6, 6.07) is 16.2. The van der Waals surface area contributed by atoms with E-state index in [9.17, 15) is 20.0 Å². The quantitative estimate of drug-likeness (QED) is 0.221. The highest BCUT2D eigenvalue weighted by Gasteiger charge is 2.27. The first kappa shape index (κ1) is 21.6. The van der Waals surface area contributed by atoms with Crippen LogP contribution in [0.1, 0.15) is 11.1 Å². The molecule has 1 aliphatic carbocycles. The van der Waals surface area contributed by atoms with Crippen molar-refractivity contribution in [2.24, 2.45) is 0 Å². The van der Waals surface area contributed by atoms with Crippen LogP contribution in [-0.4, -0.2) is 21.7 Å². The molecule has 166 valence electrons. The van der Waals surface area contributed by atoms with Gasteiger partial charge in [-0.3, -0.25) is 14.9 Å². The predicted octanol–water partition coefficient (Wildman–Crippen LogP) is 4.86. The van der Waals surface area contributed by atoms with E-state index < -0.39 is 4.92 Å². The van der Waals surface area contributed by atoms with Crippen molar-refractivity contribution in [3.8, 4) is 39.4 Å². The molecule has 2 aromatic carbocycles. The zero-order valence-electron chi connectivity index (χ0n) is 17.7. The Morgan fingerprint density at radius 3 is 2.52 bits per heavy atom. The van der Waals surface area contributed by atoms with Gasteiger partial charge in [0.05, 0.1) is 27.9 Å². The maximum absolute atomic E-state index is 12.8. The van der Waals surface area contributed by atoms with Crippen molar-refractivity contribution in [2.75, 3.05) is 7.11 Å². The molecule has 0 unspecified atom stereocenters. The largest absolute Gasteiger partial charge is 0.493 e. The van der Waals surface area contributed by atoms with Gasteiger partial charge >= 0.3 is 0 Å². The molecular formula is C25H19IN2O5. The standard InChI is InChI=1S/C25H19IN2O5/c1-33-22-12-20-19(23(26)25(22)30)11-21-18-7-2-14(13-29)10-16(18)8-9-27(21)24(20)15-3-5-17(6-4-15)28(31)32/h2-7,10-12,29H,8-9,13H2,1H3. The van der Waals surface area contributed by atoms with Crippen LogP contribution in [0.4, 0.5) is 5.69 Å². The molecule has 0 aromatic heterocycles. The number of ether oxygens (including phenoxy) is 1. The van der Waals surface area contributed by atoms with Crippen molar-refractivity contribution in [3.05, 3.63) is 89.6 Å². The molecule has 1 N–H and O–H groups in total. The highest BCUT2D eigenvalue weighted by atomic mass is 127. The zero-order chi connectivity index (χ0) is 23.3. The molecule has 0 bridgehead atoms. The molecule has 3 aliphatic rings.